The number of hydrogen-bond donors (Lipinski definition) is 0. The maximum atomic E-state index is 4.97. The van der Waals surface area contributed by atoms with E-state index in [9.17, 15) is 0 Å². The van der Waals surface area contributed by atoms with Crippen molar-refractivity contribution in [3.8, 4) is 0 Å². The van der Waals surface area contributed by atoms with E-state index in [2.05, 4.69) is 34.2 Å². The van der Waals surface area contributed by atoms with E-state index in [0.29, 0.717) is 12.1 Å². The summed E-state index contributed by atoms with van der Waals surface area (Å²) in [4.78, 5) is 14.7. The van der Waals surface area contributed by atoms with E-state index in [1.54, 1.807) is 0 Å². The molecule has 132 valence electrons. The Balaban J connectivity index is 1.43. The fraction of sp³-hybridized carbons (Fsp3) is 0.632. The zero-order chi connectivity index (χ0) is 17.0. The van der Waals surface area contributed by atoms with Crippen molar-refractivity contribution in [1.82, 2.24) is 24.6 Å². The van der Waals surface area contributed by atoms with Crippen molar-refractivity contribution in [3.05, 3.63) is 34.9 Å². The standard InChI is InChI=1S/C19H26N6/c1-13-14(11-23(2)22-13)12-25-15-5-6-18(25)16-10-20-19(21-17(16)9-15)24-7-3-4-8-24/h10-11,15,18H,3-9,12H2,1-2H3/t15-,18-/m0/s1. The first-order chi connectivity index (χ1) is 12.2. The Morgan fingerprint density at radius 3 is 2.80 bits per heavy atom. The summed E-state index contributed by atoms with van der Waals surface area (Å²) in [6, 6.07) is 1.08. The molecule has 5 heterocycles. The zero-order valence-corrected chi connectivity index (χ0v) is 15.1. The molecule has 2 atom stereocenters. The molecular weight excluding hydrogens is 312 g/mol. The highest BCUT2D eigenvalue weighted by molar-refractivity contribution is 5.38. The topological polar surface area (TPSA) is 50.1 Å². The van der Waals surface area contributed by atoms with Gasteiger partial charge in [0, 0.05) is 68.7 Å². The molecule has 0 saturated carbocycles. The number of aryl methyl sites for hydroxylation is 2. The summed E-state index contributed by atoms with van der Waals surface area (Å²) in [5.74, 6) is 0.951. The maximum absolute atomic E-state index is 4.97. The molecule has 0 unspecified atom stereocenters. The van der Waals surface area contributed by atoms with E-state index < -0.39 is 0 Å². The van der Waals surface area contributed by atoms with Crippen LogP contribution < -0.4 is 4.90 Å². The molecule has 0 aliphatic carbocycles. The van der Waals surface area contributed by atoms with Crippen LogP contribution in [0.25, 0.3) is 0 Å². The molecule has 6 nitrogen and oxygen atoms in total. The summed E-state index contributed by atoms with van der Waals surface area (Å²) in [7, 11) is 2.00. The SMILES string of the molecule is Cc1nn(C)cc1CN1[C@H]2CC[C@H]1c1cnc(N3CCCC3)nc1C2. The van der Waals surface area contributed by atoms with Gasteiger partial charge in [-0.15, -0.1) is 0 Å². The zero-order valence-electron chi connectivity index (χ0n) is 15.1. The van der Waals surface area contributed by atoms with Crippen molar-refractivity contribution >= 4 is 5.95 Å². The van der Waals surface area contributed by atoms with Crippen molar-refractivity contribution < 1.29 is 0 Å². The van der Waals surface area contributed by atoms with Gasteiger partial charge in [0.15, 0.2) is 0 Å². The second-order valence-corrected chi connectivity index (χ2v) is 7.80. The highest BCUT2D eigenvalue weighted by atomic mass is 15.3. The van der Waals surface area contributed by atoms with Gasteiger partial charge in [0.25, 0.3) is 0 Å². The van der Waals surface area contributed by atoms with Gasteiger partial charge in [-0.2, -0.15) is 5.10 Å². The third kappa shape index (κ3) is 2.54. The molecular formula is C19H26N6. The lowest BCUT2D eigenvalue weighted by Gasteiger charge is -2.35. The van der Waals surface area contributed by atoms with Crippen LogP contribution in [0.3, 0.4) is 0 Å². The van der Waals surface area contributed by atoms with Crippen LogP contribution in [0.1, 0.15) is 54.2 Å². The van der Waals surface area contributed by atoms with Crippen molar-refractivity contribution in [1.29, 1.82) is 0 Å². The van der Waals surface area contributed by atoms with Gasteiger partial charge < -0.3 is 4.90 Å². The largest absolute Gasteiger partial charge is 0.341 e. The third-order valence-corrected chi connectivity index (χ3v) is 6.17. The molecule has 2 aromatic heterocycles. The van der Waals surface area contributed by atoms with E-state index in [0.717, 1.165) is 37.7 Å². The van der Waals surface area contributed by atoms with E-state index in [1.807, 2.05) is 11.7 Å². The number of fused-ring (bicyclic) bond motifs is 4. The Morgan fingerprint density at radius 1 is 1.20 bits per heavy atom. The van der Waals surface area contributed by atoms with Crippen LogP contribution in [-0.4, -0.2) is 43.8 Å². The van der Waals surface area contributed by atoms with Gasteiger partial charge in [0.2, 0.25) is 5.95 Å². The summed E-state index contributed by atoms with van der Waals surface area (Å²) < 4.78 is 1.93. The Labute approximate surface area is 148 Å². The number of rotatable bonds is 3. The Morgan fingerprint density at radius 2 is 2.04 bits per heavy atom. The second-order valence-electron chi connectivity index (χ2n) is 7.80. The molecule has 0 amide bonds. The quantitative estimate of drug-likeness (QED) is 0.860. The maximum Gasteiger partial charge on any atom is 0.225 e. The minimum Gasteiger partial charge on any atom is -0.341 e. The number of nitrogens with zero attached hydrogens (tertiary/aromatic N) is 6. The predicted octanol–water partition coefficient (Wildman–Crippen LogP) is 2.38. The summed E-state index contributed by atoms with van der Waals surface area (Å²) in [6.07, 6.45) is 10.4. The number of aromatic nitrogens is 4. The average Bonchev–Trinajstić information content (AvgIpc) is 3.29. The second kappa shape index (κ2) is 5.80. The third-order valence-electron chi connectivity index (χ3n) is 6.17. The molecule has 2 fully saturated rings. The lowest BCUT2D eigenvalue weighted by Crippen LogP contribution is -2.38. The van der Waals surface area contributed by atoms with Crippen molar-refractivity contribution in [2.75, 3.05) is 18.0 Å². The summed E-state index contributed by atoms with van der Waals surface area (Å²) in [6.45, 7) is 5.32. The first kappa shape index (κ1) is 15.3. The highest BCUT2D eigenvalue weighted by Crippen LogP contribution is 2.44. The Bertz CT molecular complexity index is 791. The fourth-order valence-electron chi connectivity index (χ4n) is 4.88. The minimum atomic E-state index is 0.473. The molecule has 0 spiro atoms. The summed E-state index contributed by atoms with van der Waals surface area (Å²) in [5.41, 5.74) is 5.15. The Kier molecular flexibility index (Phi) is 3.55. The van der Waals surface area contributed by atoms with Crippen molar-refractivity contribution in [2.24, 2.45) is 7.05 Å². The van der Waals surface area contributed by atoms with Crippen LogP contribution in [0, 0.1) is 6.92 Å². The van der Waals surface area contributed by atoms with Crippen molar-refractivity contribution in [2.45, 2.75) is 57.7 Å². The lowest BCUT2D eigenvalue weighted by molar-refractivity contribution is 0.166. The van der Waals surface area contributed by atoms with Crippen molar-refractivity contribution in [3.63, 3.8) is 0 Å². The van der Waals surface area contributed by atoms with Crippen LogP contribution >= 0.6 is 0 Å². The van der Waals surface area contributed by atoms with Crippen LogP contribution in [0.15, 0.2) is 12.4 Å². The van der Waals surface area contributed by atoms with Crippen LogP contribution in [0.2, 0.25) is 0 Å². The summed E-state index contributed by atoms with van der Waals surface area (Å²) in [5, 5.41) is 4.51. The Hall–Kier alpha value is -1.95. The monoisotopic (exact) mass is 338 g/mol. The smallest absolute Gasteiger partial charge is 0.225 e. The first-order valence-electron chi connectivity index (χ1n) is 9.54. The van der Waals surface area contributed by atoms with E-state index in [1.165, 1.54) is 42.5 Å². The normalized spacial score (nSPS) is 25.6. The summed E-state index contributed by atoms with van der Waals surface area (Å²) >= 11 is 0. The van der Waals surface area contributed by atoms with Crippen LogP contribution in [0.5, 0.6) is 0 Å². The molecule has 2 saturated heterocycles. The molecule has 0 aromatic carbocycles. The lowest BCUT2D eigenvalue weighted by atomic mass is 9.98. The van der Waals surface area contributed by atoms with Crippen LogP contribution in [-0.2, 0) is 20.0 Å². The molecule has 25 heavy (non-hydrogen) atoms. The molecule has 2 aromatic rings. The minimum absolute atomic E-state index is 0.473. The van der Waals surface area contributed by atoms with Gasteiger partial charge >= 0.3 is 0 Å². The van der Waals surface area contributed by atoms with E-state index in [-0.39, 0.29) is 0 Å². The number of hydrogen-bond acceptors (Lipinski definition) is 5. The predicted molar refractivity (Wildman–Crippen MR) is 96.4 cm³/mol. The molecule has 3 aliphatic heterocycles. The van der Waals surface area contributed by atoms with E-state index >= 15 is 0 Å². The molecule has 0 radical (unpaired) electrons. The highest BCUT2D eigenvalue weighted by Gasteiger charge is 2.41. The van der Waals surface area contributed by atoms with Gasteiger partial charge in [-0.1, -0.05) is 0 Å². The molecule has 0 N–H and O–H groups in total. The molecule has 3 aliphatic rings. The van der Waals surface area contributed by atoms with Gasteiger partial charge in [-0.3, -0.25) is 9.58 Å². The van der Waals surface area contributed by atoms with Crippen LogP contribution in [0.4, 0.5) is 5.95 Å². The van der Waals surface area contributed by atoms with Gasteiger partial charge in [0.1, 0.15) is 0 Å². The fourth-order valence-corrected chi connectivity index (χ4v) is 4.88. The average molecular weight is 338 g/mol. The van der Waals surface area contributed by atoms with Gasteiger partial charge in [0.05, 0.1) is 11.4 Å². The number of anilines is 1. The van der Waals surface area contributed by atoms with Gasteiger partial charge in [-0.05, 0) is 32.6 Å². The van der Waals surface area contributed by atoms with Gasteiger partial charge in [-0.25, -0.2) is 9.97 Å². The molecule has 2 bridgehead atoms. The molecule has 6 heteroatoms. The van der Waals surface area contributed by atoms with E-state index in [4.69, 9.17) is 9.97 Å². The molecule has 5 rings (SSSR count). The first-order valence-corrected chi connectivity index (χ1v) is 9.54.